The molecule has 0 radical (unpaired) electrons. The number of aromatic nitrogens is 2. The molecule has 0 spiro atoms. The van der Waals surface area contributed by atoms with E-state index < -0.39 is 35.0 Å². The van der Waals surface area contributed by atoms with E-state index in [-0.39, 0.29) is 42.0 Å². The van der Waals surface area contributed by atoms with Crippen molar-refractivity contribution in [3.8, 4) is 11.4 Å². The number of hydrogen-bond donors (Lipinski definition) is 2. The average Bonchev–Trinajstić information content (AvgIpc) is 3.47. The molecule has 1 aliphatic carbocycles. The molecule has 300 valence electrons. The third-order valence-electron chi connectivity index (χ3n) is 8.55. The number of rotatable bonds is 10. The number of alkyl carbamates (subject to hydrolysis) is 1. The van der Waals surface area contributed by atoms with Crippen LogP contribution < -0.4 is 15.4 Å². The van der Waals surface area contributed by atoms with E-state index in [9.17, 15) is 14.0 Å². The van der Waals surface area contributed by atoms with Gasteiger partial charge < -0.3 is 19.5 Å². The molecule has 1 aliphatic rings. The molecule has 2 amide bonds. The Morgan fingerprint density at radius 2 is 1.66 bits per heavy atom. The zero-order valence-electron chi connectivity index (χ0n) is 32.5. The number of carbonyl (C=O) groups excluding carboxylic acids is 2. The first kappa shape index (κ1) is 42.5. The molecular formula is C41H47ClF3N5O5S. The average molecular weight is 814 g/mol. The lowest BCUT2D eigenvalue weighted by Gasteiger charge is -2.26. The van der Waals surface area contributed by atoms with E-state index >= 15 is 8.78 Å². The summed E-state index contributed by atoms with van der Waals surface area (Å²) in [6.45, 7) is 10.3. The fraction of sp³-hybridized carbons (Fsp3) is 0.415. The number of methoxy groups -OCH3 is 1. The van der Waals surface area contributed by atoms with E-state index in [1.54, 1.807) is 66.9 Å². The van der Waals surface area contributed by atoms with Crippen LogP contribution in [0.25, 0.3) is 5.69 Å². The molecule has 1 aromatic heterocycles. The largest absolute Gasteiger partial charge is 0.495 e. The Kier molecular flexibility index (Phi) is 13.7. The van der Waals surface area contributed by atoms with E-state index in [2.05, 4.69) is 15.6 Å². The van der Waals surface area contributed by atoms with Gasteiger partial charge in [0.2, 0.25) is 5.96 Å². The summed E-state index contributed by atoms with van der Waals surface area (Å²) in [4.78, 5) is 33.5. The van der Waals surface area contributed by atoms with Crippen molar-refractivity contribution in [1.82, 2.24) is 20.2 Å². The number of thioether (sulfide) groups is 1. The summed E-state index contributed by atoms with van der Waals surface area (Å²) in [7, 11) is 1.56. The molecule has 2 N–H and O–H groups in total. The minimum atomic E-state index is -0.920. The summed E-state index contributed by atoms with van der Waals surface area (Å²) in [5.74, 6) is -1.54. The quantitative estimate of drug-likeness (QED) is 0.0704. The minimum absolute atomic E-state index is 0.0448. The van der Waals surface area contributed by atoms with Gasteiger partial charge in [-0.1, -0.05) is 29.4 Å². The first-order valence-electron chi connectivity index (χ1n) is 18.3. The van der Waals surface area contributed by atoms with Crippen LogP contribution in [0.2, 0.25) is 5.02 Å². The number of aliphatic imine (C=N–C) groups is 1. The van der Waals surface area contributed by atoms with Crippen LogP contribution in [-0.4, -0.2) is 52.6 Å². The molecule has 1 unspecified atom stereocenters. The van der Waals surface area contributed by atoms with Gasteiger partial charge in [0.1, 0.15) is 34.4 Å². The molecule has 0 aliphatic heterocycles. The summed E-state index contributed by atoms with van der Waals surface area (Å²) >= 11 is 7.54. The first-order chi connectivity index (χ1) is 26.4. The van der Waals surface area contributed by atoms with E-state index in [1.165, 1.54) is 36.0 Å². The number of hydrogen-bond acceptors (Lipinski definition) is 7. The number of ether oxygens (including phenoxy) is 3. The van der Waals surface area contributed by atoms with Crippen LogP contribution in [0.15, 0.2) is 64.7 Å². The van der Waals surface area contributed by atoms with Crippen LogP contribution in [0.3, 0.4) is 0 Å². The molecule has 4 aromatic rings. The lowest BCUT2D eigenvalue weighted by molar-refractivity contribution is 0.0560. The van der Waals surface area contributed by atoms with Gasteiger partial charge in [-0.3, -0.25) is 9.88 Å². The maximum absolute atomic E-state index is 15.6. The lowest BCUT2D eigenvalue weighted by Crippen LogP contribution is -2.44. The molecule has 3 aromatic carbocycles. The van der Waals surface area contributed by atoms with Gasteiger partial charge in [-0.15, -0.1) is 4.99 Å². The highest BCUT2D eigenvalue weighted by molar-refractivity contribution is 7.98. The smallest absolute Gasteiger partial charge is 0.437 e. The molecule has 0 fully saturated rings. The molecule has 56 heavy (non-hydrogen) atoms. The summed E-state index contributed by atoms with van der Waals surface area (Å²) in [5.41, 5.74) is 2.19. The Morgan fingerprint density at radius 1 is 0.982 bits per heavy atom. The van der Waals surface area contributed by atoms with Crippen LogP contribution >= 0.6 is 23.4 Å². The van der Waals surface area contributed by atoms with Crippen molar-refractivity contribution >= 4 is 41.5 Å². The van der Waals surface area contributed by atoms with Crippen molar-refractivity contribution in [3.63, 3.8) is 0 Å². The topological polar surface area (TPSA) is 116 Å². The highest BCUT2D eigenvalue weighted by Gasteiger charge is 2.31. The number of imidazole rings is 1. The van der Waals surface area contributed by atoms with E-state index in [0.717, 1.165) is 36.2 Å². The lowest BCUT2D eigenvalue weighted by atomic mass is 9.84. The second-order valence-electron chi connectivity index (χ2n) is 15.3. The molecule has 0 saturated heterocycles. The second-order valence-corrected chi connectivity index (χ2v) is 16.7. The summed E-state index contributed by atoms with van der Waals surface area (Å²) in [5, 5.41) is 6.31. The molecule has 5 rings (SSSR count). The molecular weight excluding hydrogens is 767 g/mol. The SMILES string of the molecule is COc1cc(C2CCCc3nc(SCc4c(F)cc(CCCN/C(=N/C(=O)OC(C)(C)C)NC(=O)OC(C)(C)C)cc4F)n(-c4ccc(F)cc4)c32)ccc1Cl. The standard InChI is InChI=1S/C41H47ClF3N5O5S/c1-40(2,3)54-38(51)48-36(49-39(52)55-41(4,5)6)46-19-9-10-24-20-31(44)29(32(45)21-24)23-56-37-47-33-12-8-11-28(25-13-18-30(42)34(22-25)53-7)35(33)50(37)27-16-14-26(43)15-17-27/h13-18,20-22,28H,8-12,19,23H2,1-7H3,(H2,46,48,49,51,52). The number of aryl methyl sites for hydroxylation is 2. The zero-order valence-corrected chi connectivity index (χ0v) is 34.1. The van der Waals surface area contributed by atoms with Crippen LogP contribution in [-0.2, 0) is 28.1 Å². The number of guanidine groups is 1. The Bertz CT molecular complexity index is 2060. The zero-order chi connectivity index (χ0) is 40.8. The van der Waals surface area contributed by atoms with Gasteiger partial charge in [0.05, 0.1) is 23.5 Å². The number of carbonyl (C=O) groups is 2. The number of nitrogens with one attached hydrogen (secondary N) is 2. The van der Waals surface area contributed by atoms with Gasteiger partial charge in [0.25, 0.3) is 0 Å². The second kappa shape index (κ2) is 18.1. The van der Waals surface area contributed by atoms with Crippen LogP contribution in [0.1, 0.15) is 94.8 Å². The molecule has 0 saturated carbocycles. The summed E-state index contributed by atoms with van der Waals surface area (Å²) in [6.07, 6.45) is 1.33. The number of halogens is 4. The maximum atomic E-state index is 15.6. The summed E-state index contributed by atoms with van der Waals surface area (Å²) < 4.78 is 63.2. The molecule has 0 bridgehead atoms. The Morgan fingerprint density at radius 3 is 2.30 bits per heavy atom. The molecule has 15 heteroatoms. The molecule has 1 atom stereocenters. The van der Waals surface area contributed by atoms with Gasteiger partial charge in [0, 0.05) is 29.5 Å². The Labute approximate surface area is 334 Å². The van der Waals surface area contributed by atoms with Crippen molar-refractivity contribution in [2.75, 3.05) is 13.7 Å². The van der Waals surface area contributed by atoms with Gasteiger partial charge >= 0.3 is 12.2 Å². The Balaban J connectivity index is 1.31. The predicted molar refractivity (Wildman–Crippen MR) is 212 cm³/mol. The number of fused-ring (bicyclic) bond motifs is 1. The van der Waals surface area contributed by atoms with Gasteiger partial charge in [-0.05, 0) is 133 Å². The van der Waals surface area contributed by atoms with Crippen LogP contribution in [0.5, 0.6) is 5.75 Å². The number of amides is 2. The van der Waals surface area contributed by atoms with Gasteiger partial charge in [-0.2, -0.15) is 0 Å². The maximum Gasteiger partial charge on any atom is 0.437 e. The predicted octanol–water partition coefficient (Wildman–Crippen LogP) is 10.1. The van der Waals surface area contributed by atoms with Crippen molar-refractivity contribution in [3.05, 3.63) is 105 Å². The van der Waals surface area contributed by atoms with Crippen LogP contribution in [0, 0.1) is 17.5 Å². The summed E-state index contributed by atoms with van der Waals surface area (Å²) in [6, 6.07) is 14.4. The van der Waals surface area contributed by atoms with E-state index in [1.807, 2.05) is 16.7 Å². The van der Waals surface area contributed by atoms with Crippen molar-refractivity contribution in [2.45, 2.75) is 102 Å². The Hall–Kier alpha value is -4.69. The van der Waals surface area contributed by atoms with E-state index in [4.69, 9.17) is 30.8 Å². The van der Waals surface area contributed by atoms with Gasteiger partial charge in [-0.25, -0.2) is 27.7 Å². The van der Waals surface area contributed by atoms with Crippen LogP contribution in [0.4, 0.5) is 22.8 Å². The van der Waals surface area contributed by atoms with Gasteiger partial charge in [0.15, 0.2) is 5.16 Å². The highest BCUT2D eigenvalue weighted by atomic mass is 35.5. The first-order valence-corrected chi connectivity index (χ1v) is 19.6. The van der Waals surface area contributed by atoms with Crippen molar-refractivity contribution in [1.29, 1.82) is 0 Å². The molecule has 10 nitrogen and oxygen atoms in total. The fourth-order valence-electron chi connectivity index (χ4n) is 6.22. The minimum Gasteiger partial charge on any atom is -0.495 e. The normalized spacial score (nSPS) is 14.6. The monoisotopic (exact) mass is 813 g/mol. The fourth-order valence-corrected chi connectivity index (χ4v) is 7.47. The number of benzene rings is 3. The highest BCUT2D eigenvalue weighted by Crippen LogP contribution is 2.43. The van der Waals surface area contributed by atoms with E-state index in [0.29, 0.717) is 33.6 Å². The number of nitrogens with zero attached hydrogens (tertiary/aromatic N) is 3. The molecule has 1 heterocycles. The third-order valence-corrected chi connectivity index (χ3v) is 9.83. The van der Waals surface area contributed by atoms with Crippen molar-refractivity contribution < 1.29 is 37.0 Å². The third kappa shape index (κ3) is 11.4. The van der Waals surface area contributed by atoms with Crippen molar-refractivity contribution in [2.24, 2.45) is 4.99 Å².